The summed E-state index contributed by atoms with van der Waals surface area (Å²) in [5.41, 5.74) is 5.55. The number of likely N-dealkylation sites (tertiary alicyclic amines) is 1. The van der Waals surface area contributed by atoms with E-state index in [0.29, 0.717) is 11.7 Å². The molecule has 0 aromatic rings. The molecule has 2 unspecified atom stereocenters. The van der Waals surface area contributed by atoms with Crippen LogP contribution in [0.5, 0.6) is 0 Å². The molecule has 1 fully saturated rings. The van der Waals surface area contributed by atoms with Gasteiger partial charge in [-0.05, 0) is 32.7 Å². The Morgan fingerprint density at radius 3 is 2.77 bits per heavy atom. The molecular formula is C8H17N3OS. The van der Waals surface area contributed by atoms with E-state index in [4.69, 9.17) is 18.0 Å². The highest BCUT2D eigenvalue weighted by Crippen LogP contribution is 2.17. The maximum absolute atomic E-state index is 9.46. The Morgan fingerprint density at radius 2 is 2.31 bits per heavy atom. The third-order valence-electron chi connectivity index (χ3n) is 2.25. The van der Waals surface area contributed by atoms with Gasteiger partial charge in [-0.25, -0.2) is 0 Å². The van der Waals surface area contributed by atoms with Crippen molar-refractivity contribution in [2.45, 2.75) is 18.6 Å². The number of thiocarbonyl (C=S) groups is 1. The van der Waals surface area contributed by atoms with Gasteiger partial charge < -0.3 is 20.6 Å². The summed E-state index contributed by atoms with van der Waals surface area (Å²) in [6.07, 6.45) is 0.474. The molecule has 4 nitrogen and oxygen atoms in total. The molecule has 0 aliphatic carbocycles. The summed E-state index contributed by atoms with van der Waals surface area (Å²) in [5.74, 6) is 0. The Morgan fingerprint density at radius 1 is 1.69 bits per heavy atom. The van der Waals surface area contributed by atoms with Crippen molar-refractivity contribution in [2.75, 3.05) is 27.2 Å². The zero-order chi connectivity index (χ0) is 10.0. The average Bonchev–Trinajstić information content (AvgIpc) is 2.29. The molecule has 0 aromatic heterocycles. The summed E-state index contributed by atoms with van der Waals surface area (Å²) in [4.78, 5) is 3.98. The van der Waals surface area contributed by atoms with Crippen molar-refractivity contribution in [3.05, 3.63) is 0 Å². The first-order valence-corrected chi connectivity index (χ1v) is 4.80. The number of likely N-dealkylation sites (N-methyl/N-ethyl adjacent to an activating group) is 1. The van der Waals surface area contributed by atoms with Gasteiger partial charge in [0.05, 0.1) is 6.10 Å². The third-order valence-corrected chi connectivity index (χ3v) is 2.49. The molecule has 0 radical (unpaired) electrons. The topological polar surface area (TPSA) is 52.7 Å². The lowest BCUT2D eigenvalue weighted by molar-refractivity contribution is 0.187. The van der Waals surface area contributed by atoms with Gasteiger partial charge in [0.25, 0.3) is 0 Å². The highest BCUT2D eigenvalue weighted by molar-refractivity contribution is 7.80. The second-order valence-corrected chi connectivity index (χ2v) is 4.21. The molecule has 0 spiro atoms. The zero-order valence-electron chi connectivity index (χ0n) is 8.10. The van der Waals surface area contributed by atoms with Crippen molar-refractivity contribution in [2.24, 2.45) is 5.73 Å². The van der Waals surface area contributed by atoms with Gasteiger partial charge in [0.2, 0.25) is 0 Å². The van der Waals surface area contributed by atoms with Gasteiger partial charge in [0.1, 0.15) is 0 Å². The molecule has 2 atom stereocenters. The molecule has 1 aliphatic heterocycles. The van der Waals surface area contributed by atoms with Crippen molar-refractivity contribution in [3.63, 3.8) is 0 Å². The summed E-state index contributed by atoms with van der Waals surface area (Å²) in [6.45, 7) is 1.46. The van der Waals surface area contributed by atoms with Gasteiger partial charge in [0.15, 0.2) is 5.11 Å². The second kappa shape index (κ2) is 4.21. The fourth-order valence-corrected chi connectivity index (χ4v) is 1.98. The van der Waals surface area contributed by atoms with E-state index in [0.717, 1.165) is 13.0 Å². The molecule has 1 aliphatic rings. The Kier molecular flexibility index (Phi) is 3.47. The maximum atomic E-state index is 9.46. The van der Waals surface area contributed by atoms with E-state index in [1.807, 2.05) is 19.0 Å². The largest absolute Gasteiger partial charge is 0.391 e. The van der Waals surface area contributed by atoms with Crippen LogP contribution in [0.25, 0.3) is 0 Å². The number of β-amino-alcohol motifs (C(OH)–C–C–N with tert-alkyl or cyclic N) is 1. The summed E-state index contributed by atoms with van der Waals surface area (Å²) in [7, 11) is 4.00. The van der Waals surface area contributed by atoms with E-state index in [9.17, 15) is 5.11 Å². The molecule has 1 heterocycles. The van der Waals surface area contributed by atoms with E-state index >= 15 is 0 Å². The van der Waals surface area contributed by atoms with E-state index in [1.54, 1.807) is 0 Å². The first-order valence-electron chi connectivity index (χ1n) is 4.39. The molecule has 1 saturated heterocycles. The van der Waals surface area contributed by atoms with Crippen molar-refractivity contribution in [1.82, 2.24) is 9.80 Å². The molecule has 0 aromatic carbocycles. The fourth-order valence-electron chi connectivity index (χ4n) is 1.76. The molecule has 5 heteroatoms. The summed E-state index contributed by atoms with van der Waals surface area (Å²) < 4.78 is 0. The monoisotopic (exact) mass is 203 g/mol. The molecular weight excluding hydrogens is 186 g/mol. The summed E-state index contributed by atoms with van der Waals surface area (Å²) in [5, 5.41) is 9.85. The maximum Gasteiger partial charge on any atom is 0.166 e. The van der Waals surface area contributed by atoms with Gasteiger partial charge >= 0.3 is 0 Å². The Bertz CT molecular complexity index is 198. The Balaban J connectivity index is 2.55. The highest BCUT2D eigenvalue weighted by Gasteiger charge is 2.31. The van der Waals surface area contributed by atoms with Gasteiger partial charge in [-0.1, -0.05) is 0 Å². The first kappa shape index (κ1) is 10.7. The number of hydrogen-bond donors (Lipinski definition) is 2. The Hall–Kier alpha value is -0.390. The van der Waals surface area contributed by atoms with E-state index in [-0.39, 0.29) is 12.1 Å². The average molecular weight is 203 g/mol. The number of nitrogens with two attached hydrogens (primary N) is 1. The van der Waals surface area contributed by atoms with Gasteiger partial charge in [-0.2, -0.15) is 0 Å². The summed E-state index contributed by atoms with van der Waals surface area (Å²) in [6, 6.07) is 0.266. The lowest BCUT2D eigenvalue weighted by Gasteiger charge is -2.26. The van der Waals surface area contributed by atoms with Gasteiger partial charge in [0, 0.05) is 19.1 Å². The number of aliphatic hydroxyl groups is 1. The van der Waals surface area contributed by atoms with Crippen molar-refractivity contribution in [3.8, 4) is 0 Å². The smallest absolute Gasteiger partial charge is 0.166 e. The lowest BCUT2D eigenvalue weighted by Crippen LogP contribution is -2.43. The number of rotatable bonds is 2. The third kappa shape index (κ3) is 2.79. The van der Waals surface area contributed by atoms with Crippen LogP contribution < -0.4 is 5.73 Å². The van der Waals surface area contributed by atoms with Crippen molar-refractivity contribution in [1.29, 1.82) is 0 Å². The van der Waals surface area contributed by atoms with Crippen LogP contribution in [0.4, 0.5) is 0 Å². The van der Waals surface area contributed by atoms with Crippen LogP contribution in [0.15, 0.2) is 0 Å². The van der Waals surface area contributed by atoms with Crippen LogP contribution in [-0.4, -0.2) is 59.3 Å². The quantitative estimate of drug-likeness (QED) is 0.577. The highest BCUT2D eigenvalue weighted by atomic mass is 32.1. The Labute approximate surface area is 84.3 Å². The number of hydrogen-bond acceptors (Lipinski definition) is 3. The van der Waals surface area contributed by atoms with Crippen molar-refractivity contribution < 1.29 is 5.11 Å². The van der Waals surface area contributed by atoms with E-state index in [2.05, 4.69) is 4.90 Å². The van der Waals surface area contributed by atoms with Gasteiger partial charge in [-0.3, -0.25) is 0 Å². The van der Waals surface area contributed by atoms with Crippen LogP contribution in [0.1, 0.15) is 6.42 Å². The minimum Gasteiger partial charge on any atom is -0.391 e. The van der Waals surface area contributed by atoms with Crippen LogP contribution in [0.2, 0.25) is 0 Å². The normalized spacial score (nSPS) is 28.5. The molecule has 1 rings (SSSR count). The molecule has 0 saturated carbocycles. The minimum atomic E-state index is -0.286. The van der Waals surface area contributed by atoms with E-state index < -0.39 is 0 Å². The second-order valence-electron chi connectivity index (χ2n) is 3.80. The number of nitrogens with zero attached hydrogens (tertiary/aromatic N) is 2. The predicted molar refractivity (Wildman–Crippen MR) is 56.5 cm³/mol. The fraction of sp³-hybridized carbons (Fsp3) is 0.875. The molecule has 3 N–H and O–H groups in total. The van der Waals surface area contributed by atoms with E-state index in [1.165, 1.54) is 0 Å². The SMILES string of the molecule is CN(C)CC1CC(O)CN1C(N)=S. The van der Waals surface area contributed by atoms with Crippen LogP contribution in [0, 0.1) is 0 Å². The minimum absolute atomic E-state index is 0.266. The summed E-state index contributed by atoms with van der Waals surface area (Å²) >= 11 is 4.91. The molecule has 13 heavy (non-hydrogen) atoms. The molecule has 0 amide bonds. The molecule has 0 bridgehead atoms. The predicted octanol–water partition coefficient (Wildman–Crippen LogP) is -0.773. The van der Waals surface area contributed by atoms with Crippen LogP contribution in [-0.2, 0) is 0 Å². The molecule has 76 valence electrons. The standard InChI is InChI=1S/C8H17N3OS/c1-10(2)4-6-3-7(12)5-11(6)8(9)13/h6-7,12H,3-5H2,1-2H3,(H2,9,13). The van der Waals surface area contributed by atoms with Crippen LogP contribution in [0.3, 0.4) is 0 Å². The zero-order valence-corrected chi connectivity index (χ0v) is 8.92. The van der Waals surface area contributed by atoms with Crippen molar-refractivity contribution >= 4 is 17.3 Å². The van der Waals surface area contributed by atoms with Gasteiger partial charge in [-0.15, -0.1) is 0 Å². The lowest BCUT2D eigenvalue weighted by atomic mass is 10.2. The van der Waals surface area contributed by atoms with Crippen LogP contribution >= 0.6 is 12.2 Å². The first-order chi connectivity index (χ1) is 6.00. The number of aliphatic hydroxyl groups excluding tert-OH is 1.